The van der Waals surface area contributed by atoms with Crippen LogP contribution < -0.4 is 14.4 Å². The molecule has 0 saturated carbocycles. The van der Waals surface area contributed by atoms with Gasteiger partial charge in [-0.3, -0.25) is 10.1 Å². The molecule has 7 nitrogen and oxygen atoms in total. The van der Waals surface area contributed by atoms with E-state index in [4.69, 9.17) is 14.7 Å². The zero-order chi connectivity index (χ0) is 14.4. The fourth-order valence-electron chi connectivity index (χ4n) is 1.65. The Balaban J connectivity index is 3.27. The second-order valence-electron chi connectivity index (χ2n) is 3.78. The van der Waals surface area contributed by atoms with Gasteiger partial charge in [0.15, 0.2) is 11.5 Å². The van der Waals surface area contributed by atoms with Crippen molar-refractivity contribution in [3.05, 3.63) is 22.2 Å². The number of nitrogens with zero attached hydrogens (tertiary/aromatic N) is 3. The molecule has 0 N–H and O–H groups in total. The van der Waals surface area contributed by atoms with Crippen molar-refractivity contribution in [3.8, 4) is 17.6 Å². The second-order valence-corrected chi connectivity index (χ2v) is 3.78. The average Bonchev–Trinajstić information content (AvgIpc) is 2.42. The van der Waals surface area contributed by atoms with Crippen molar-refractivity contribution in [3.63, 3.8) is 0 Å². The molecule has 0 heterocycles. The van der Waals surface area contributed by atoms with Crippen LogP contribution in [0.15, 0.2) is 12.1 Å². The summed E-state index contributed by atoms with van der Waals surface area (Å²) in [6, 6.07) is 4.85. The second kappa shape index (κ2) is 6.44. The predicted molar refractivity (Wildman–Crippen MR) is 69.7 cm³/mol. The van der Waals surface area contributed by atoms with Gasteiger partial charge < -0.3 is 14.4 Å². The van der Waals surface area contributed by atoms with Gasteiger partial charge in [0.25, 0.3) is 5.69 Å². The Hall–Kier alpha value is -2.49. The molecule has 0 radical (unpaired) electrons. The number of hydrogen-bond acceptors (Lipinski definition) is 6. The molecule has 0 unspecified atom stereocenters. The van der Waals surface area contributed by atoms with E-state index in [2.05, 4.69) is 0 Å². The largest absolute Gasteiger partial charge is 0.493 e. The summed E-state index contributed by atoms with van der Waals surface area (Å²) in [6.07, 6.45) is 0.280. The van der Waals surface area contributed by atoms with Crippen LogP contribution in [-0.2, 0) is 0 Å². The lowest BCUT2D eigenvalue weighted by molar-refractivity contribution is -0.384. The number of methoxy groups -OCH3 is 2. The summed E-state index contributed by atoms with van der Waals surface area (Å²) >= 11 is 0. The summed E-state index contributed by atoms with van der Waals surface area (Å²) in [5.41, 5.74) is 0.302. The molecule has 0 amide bonds. The quantitative estimate of drug-likeness (QED) is 0.577. The number of nitro groups is 1. The van der Waals surface area contributed by atoms with Crippen LogP contribution in [-0.4, -0.2) is 32.7 Å². The maximum absolute atomic E-state index is 11.1. The molecule has 1 rings (SSSR count). The van der Waals surface area contributed by atoms with Gasteiger partial charge in [0.1, 0.15) is 5.69 Å². The number of hydrogen-bond donors (Lipinski definition) is 0. The Kier molecular flexibility index (Phi) is 4.94. The fraction of sp³-hybridized carbons (Fsp3) is 0.417. The smallest absolute Gasteiger partial charge is 0.296 e. The van der Waals surface area contributed by atoms with E-state index in [1.807, 2.05) is 6.07 Å². The topological polar surface area (TPSA) is 88.6 Å². The van der Waals surface area contributed by atoms with Gasteiger partial charge in [-0.15, -0.1) is 0 Å². The molecule has 0 aliphatic rings. The van der Waals surface area contributed by atoms with Crippen molar-refractivity contribution >= 4 is 11.4 Å². The number of rotatable bonds is 6. The number of ether oxygens (including phenoxy) is 2. The molecule has 0 atom stereocenters. The van der Waals surface area contributed by atoms with Crippen molar-refractivity contribution in [2.75, 3.05) is 32.7 Å². The van der Waals surface area contributed by atoms with Crippen LogP contribution in [0.5, 0.6) is 11.5 Å². The third kappa shape index (κ3) is 3.25. The highest BCUT2D eigenvalue weighted by atomic mass is 16.6. The zero-order valence-electron chi connectivity index (χ0n) is 11.0. The van der Waals surface area contributed by atoms with Crippen LogP contribution in [0.3, 0.4) is 0 Å². The molecule has 0 spiro atoms. The monoisotopic (exact) mass is 265 g/mol. The number of nitriles is 1. The van der Waals surface area contributed by atoms with Gasteiger partial charge in [-0.25, -0.2) is 0 Å². The molecule has 0 bridgehead atoms. The maximum Gasteiger partial charge on any atom is 0.296 e. The minimum Gasteiger partial charge on any atom is -0.493 e. The molecule has 0 fully saturated rings. The van der Waals surface area contributed by atoms with Crippen molar-refractivity contribution in [2.45, 2.75) is 6.42 Å². The van der Waals surface area contributed by atoms with Crippen LogP contribution in [0.1, 0.15) is 6.42 Å². The Labute approximate surface area is 111 Å². The highest BCUT2D eigenvalue weighted by Crippen LogP contribution is 2.39. The molecule has 7 heteroatoms. The Morgan fingerprint density at radius 2 is 1.95 bits per heavy atom. The van der Waals surface area contributed by atoms with Gasteiger partial charge in [-0.1, -0.05) is 0 Å². The van der Waals surface area contributed by atoms with E-state index in [1.165, 1.54) is 26.4 Å². The lowest BCUT2D eigenvalue weighted by atomic mass is 10.2. The van der Waals surface area contributed by atoms with E-state index < -0.39 is 4.92 Å². The van der Waals surface area contributed by atoms with Gasteiger partial charge in [0.05, 0.1) is 37.7 Å². The SMILES string of the molecule is COc1cc(N(C)CCC#N)c([N+](=O)[O-])cc1OC. The van der Waals surface area contributed by atoms with Crippen LogP contribution in [0.4, 0.5) is 11.4 Å². The van der Waals surface area contributed by atoms with Gasteiger partial charge >= 0.3 is 0 Å². The fourth-order valence-corrected chi connectivity index (χ4v) is 1.65. The van der Waals surface area contributed by atoms with Crippen LogP contribution in [0, 0.1) is 21.4 Å². The summed E-state index contributed by atoms with van der Waals surface area (Å²) in [7, 11) is 4.56. The third-order valence-corrected chi connectivity index (χ3v) is 2.65. The average molecular weight is 265 g/mol. The maximum atomic E-state index is 11.1. The van der Waals surface area contributed by atoms with E-state index in [9.17, 15) is 10.1 Å². The van der Waals surface area contributed by atoms with Crippen molar-refractivity contribution in [1.82, 2.24) is 0 Å². The molecule has 0 saturated heterocycles. The Morgan fingerprint density at radius 1 is 1.37 bits per heavy atom. The molecule has 0 aliphatic heterocycles. The van der Waals surface area contributed by atoms with E-state index in [0.29, 0.717) is 23.7 Å². The van der Waals surface area contributed by atoms with Gasteiger partial charge in [0.2, 0.25) is 0 Å². The lowest BCUT2D eigenvalue weighted by Crippen LogP contribution is -2.19. The number of anilines is 1. The van der Waals surface area contributed by atoms with Gasteiger partial charge in [-0.2, -0.15) is 5.26 Å². The standard InChI is InChI=1S/C12H15N3O4/c1-14(6-4-5-13)9-7-11(18-2)12(19-3)8-10(9)15(16)17/h7-8H,4,6H2,1-3H3. The van der Waals surface area contributed by atoms with Crippen molar-refractivity contribution in [2.24, 2.45) is 0 Å². The Bertz CT molecular complexity index is 510. The predicted octanol–water partition coefficient (Wildman–Crippen LogP) is 1.96. The Morgan fingerprint density at radius 3 is 2.42 bits per heavy atom. The molecule has 0 aromatic heterocycles. The minimum absolute atomic E-state index is 0.0851. The summed E-state index contributed by atoms with van der Waals surface area (Å²) in [5.74, 6) is 0.707. The van der Waals surface area contributed by atoms with Crippen LogP contribution in [0.2, 0.25) is 0 Å². The van der Waals surface area contributed by atoms with Crippen molar-refractivity contribution in [1.29, 1.82) is 5.26 Å². The zero-order valence-corrected chi connectivity index (χ0v) is 11.0. The first-order valence-electron chi connectivity index (χ1n) is 5.53. The first kappa shape index (κ1) is 14.6. The summed E-state index contributed by atoms with van der Waals surface area (Å²) in [5, 5.41) is 19.7. The molecule has 0 aliphatic carbocycles. The molecular weight excluding hydrogens is 250 g/mol. The molecule has 1 aromatic carbocycles. The molecular formula is C12H15N3O4. The van der Waals surface area contributed by atoms with E-state index in [-0.39, 0.29) is 12.1 Å². The van der Waals surface area contributed by atoms with Crippen LogP contribution in [0.25, 0.3) is 0 Å². The molecule has 102 valence electrons. The minimum atomic E-state index is -0.486. The normalized spacial score (nSPS) is 9.58. The lowest BCUT2D eigenvalue weighted by Gasteiger charge is -2.19. The van der Waals surface area contributed by atoms with E-state index in [0.717, 1.165) is 0 Å². The first-order valence-corrected chi connectivity index (χ1v) is 5.53. The van der Waals surface area contributed by atoms with E-state index in [1.54, 1.807) is 11.9 Å². The highest BCUT2D eigenvalue weighted by Gasteiger charge is 2.21. The summed E-state index contributed by atoms with van der Waals surface area (Å²) < 4.78 is 10.2. The van der Waals surface area contributed by atoms with Gasteiger partial charge in [0, 0.05) is 19.7 Å². The van der Waals surface area contributed by atoms with Crippen LogP contribution >= 0.6 is 0 Å². The van der Waals surface area contributed by atoms with E-state index >= 15 is 0 Å². The summed E-state index contributed by atoms with van der Waals surface area (Å²) in [4.78, 5) is 12.2. The first-order chi connectivity index (χ1) is 9.04. The summed E-state index contributed by atoms with van der Waals surface area (Å²) in [6.45, 7) is 0.396. The third-order valence-electron chi connectivity index (χ3n) is 2.65. The molecule has 1 aromatic rings. The number of benzene rings is 1. The highest BCUT2D eigenvalue weighted by molar-refractivity contribution is 5.69. The van der Waals surface area contributed by atoms with Crippen molar-refractivity contribution < 1.29 is 14.4 Å². The number of nitro benzene ring substituents is 1. The molecule has 19 heavy (non-hydrogen) atoms. The van der Waals surface area contributed by atoms with Gasteiger partial charge in [-0.05, 0) is 0 Å².